The Morgan fingerprint density at radius 1 is 1.12 bits per heavy atom. The van der Waals surface area contributed by atoms with Gasteiger partial charge in [-0.2, -0.15) is 4.31 Å². The maximum Gasteiger partial charge on any atom is 0.407 e. The molecule has 10 nitrogen and oxygen atoms in total. The van der Waals surface area contributed by atoms with Crippen LogP contribution in [0.4, 0.5) is 14.9 Å². The molecule has 0 aromatic heterocycles. The fourth-order valence-corrected chi connectivity index (χ4v) is 10.1. The topological polar surface area (TPSA) is 117 Å². The minimum absolute atomic E-state index is 0.0133. The Morgan fingerprint density at radius 3 is 2.62 bits per heavy atom. The second kappa shape index (κ2) is 14.6. The summed E-state index contributed by atoms with van der Waals surface area (Å²) < 4.78 is 54.6. The number of ether oxygens (including phenoxy) is 2. The first kappa shape index (κ1) is 35.1. The van der Waals surface area contributed by atoms with Crippen molar-refractivity contribution in [2.75, 3.05) is 37.9 Å². The number of hydrogen-bond donors (Lipinski definition) is 2. The first-order valence-corrected chi connectivity index (χ1v) is 19.0. The summed E-state index contributed by atoms with van der Waals surface area (Å²) in [7, 11) is -2.16. The quantitative estimate of drug-likeness (QED) is 0.328. The number of hydrogen-bond acceptors (Lipinski definition) is 7. The van der Waals surface area contributed by atoms with Crippen molar-refractivity contribution in [1.29, 1.82) is 0 Å². The molecule has 4 heterocycles. The van der Waals surface area contributed by atoms with Gasteiger partial charge in [-0.25, -0.2) is 17.6 Å². The molecule has 4 saturated heterocycles. The Morgan fingerprint density at radius 2 is 1.90 bits per heavy atom. The van der Waals surface area contributed by atoms with Crippen molar-refractivity contribution in [2.45, 2.75) is 88.6 Å². The average Bonchev–Trinajstić information content (AvgIpc) is 3.88. The highest BCUT2D eigenvalue weighted by molar-refractivity contribution is 7.89. The number of piperazine rings is 1. The van der Waals surface area contributed by atoms with Crippen LogP contribution in [0.25, 0.3) is 0 Å². The van der Waals surface area contributed by atoms with Crippen LogP contribution in [0.5, 0.6) is 0 Å². The lowest BCUT2D eigenvalue weighted by atomic mass is 9.74. The minimum atomic E-state index is -3.40. The predicted molar refractivity (Wildman–Crippen MR) is 182 cm³/mol. The number of carbonyl (C=O) groups excluding carboxylic acids is 2. The van der Waals surface area contributed by atoms with Crippen LogP contribution >= 0.6 is 11.6 Å². The van der Waals surface area contributed by atoms with E-state index in [1.165, 1.54) is 19.2 Å². The van der Waals surface area contributed by atoms with Gasteiger partial charge in [0, 0.05) is 60.0 Å². The number of sulfonamides is 1. The molecule has 0 spiro atoms. The van der Waals surface area contributed by atoms with Crippen LogP contribution in [-0.4, -0.2) is 92.5 Å². The smallest absolute Gasteiger partial charge is 0.407 e. The third-order valence-electron chi connectivity index (χ3n) is 10.7. The number of methoxy groups -OCH3 is 1. The maximum absolute atomic E-state index is 15.6. The van der Waals surface area contributed by atoms with E-state index in [-0.39, 0.29) is 48.2 Å². The van der Waals surface area contributed by atoms with Crippen molar-refractivity contribution < 1.29 is 31.9 Å². The van der Waals surface area contributed by atoms with Crippen LogP contribution in [0.2, 0.25) is 5.02 Å². The molecule has 48 heavy (non-hydrogen) atoms. The molecule has 0 radical (unpaired) electrons. The molecule has 13 heteroatoms. The molecule has 4 aliphatic rings. The summed E-state index contributed by atoms with van der Waals surface area (Å²) in [4.78, 5) is 29.5. The Hall–Kier alpha value is -2.77. The molecule has 0 aliphatic carbocycles. The molecular weight excluding hydrogens is 659 g/mol. The van der Waals surface area contributed by atoms with Gasteiger partial charge in [0.1, 0.15) is 11.9 Å². The molecule has 2 amide bonds. The molecule has 2 aromatic rings. The van der Waals surface area contributed by atoms with Crippen molar-refractivity contribution in [3.8, 4) is 0 Å². The van der Waals surface area contributed by atoms with Gasteiger partial charge in [-0.3, -0.25) is 9.69 Å². The average molecular weight is 705 g/mol. The maximum atomic E-state index is 15.6. The summed E-state index contributed by atoms with van der Waals surface area (Å²) in [5, 5.41) is 6.28. The van der Waals surface area contributed by atoms with E-state index in [4.69, 9.17) is 21.1 Å². The number of amides is 2. The zero-order chi connectivity index (χ0) is 34.2. The summed E-state index contributed by atoms with van der Waals surface area (Å²) in [5.41, 5.74) is 1.42. The SMILES string of the molecule is COC(=O)N[C@H](C(=O)Nc1cccc(F)c1CCC1C2CN2C2CCCS(=O)(=O)N1C2)[C@@H](c1ccc(Cl)cc1)C1CCOC(C(C)C)C1. The van der Waals surface area contributed by atoms with Crippen LogP contribution in [0.15, 0.2) is 42.5 Å². The van der Waals surface area contributed by atoms with Crippen LogP contribution in [0.1, 0.15) is 63.0 Å². The highest BCUT2D eigenvalue weighted by Crippen LogP contribution is 2.41. The van der Waals surface area contributed by atoms with E-state index in [0.717, 1.165) is 18.5 Å². The number of fused-ring (bicyclic) bond motifs is 4. The molecular formula is C35H46ClFN4O6S. The molecule has 2 aromatic carbocycles. The van der Waals surface area contributed by atoms with Gasteiger partial charge in [-0.05, 0) is 80.2 Å². The molecule has 262 valence electrons. The van der Waals surface area contributed by atoms with Gasteiger partial charge < -0.3 is 20.1 Å². The number of nitrogens with zero attached hydrogens (tertiary/aromatic N) is 2. The van der Waals surface area contributed by atoms with E-state index in [1.807, 2.05) is 12.1 Å². The van der Waals surface area contributed by atoms with Crippen molar-refractivity contribution in [3.63, 3.8) is 0 Å². The number of alkyl carbamates (subject to hydrolysis) is 1. The van der Waals surface area contributed by atoms with E-state index in [1.54, 1.807) is 22.5 Å². The molecule has 4 fully saturated rings. The molecule has 9 atom stereocenters. The first-order chi connectivity index (χ1) is 23.0. The lowest BCUT2D eigenvalue weighted by Gasteiger charge is -2.39. The molecule has 2 N–H and O–H groups in total. The fourth-order valence-electron chi connectivity index (χ4n) is 8.11. The Labute approximate surface area is 287 Å². The second-order valence-electron chi connectivity index (χ2n) is 13.9. The third-order valence-corrected chi connectivity index (χ3v) is 12.9. The summed E-state index contributed by atoms with van der Waals surface area (Å²) in [6.07, 6.45) is 2.76. The molecule has 6 rings (SSSR count). The fraction of sp³-hybridized carbons (Fsp3) is 0.600. The Bertz CT molecular complexity index is 1590. The monoisotopic (exact) mass is 704 g/mol. The summed E-state index contributed by atoms with van der Waals surface area (Å²) >= 11 is 6.24. The lowest BCUT2D eigenvalue weighted by molar-refractivity contribution is -0.119. The Kier molecular flexibility index (Phi) is 10.7. The lowest BCUT2D eigenvalue weighted by Crippen LogP contribution is -2.53. The van der Waals surface area contributed by atoms with E-state index in [2.05, 4.69) is 29.4 Å². The summed E-state index contributed by atoms with van der Waals surface area (Å²) in [6.45, 7) is 6.04. The predicted octanol–water partition coefficient (Wildman–Crippen LogP) is 5.17. The van der Waals surface area contributed by atoms with Gasteiger partial charge in [0.15, 0.2) is 0 Å². The Balaban J connectivity index is 1.27. The van der Waals surface area contributed by atoms with Gasteiger partial charge in [0.25, 0.3) is 0 Å². The summed E-state index contributed by atoms with van der Waals surface area (Å²) in [6, 6.07) is 10.8. The third kappa shape index (κ3) is 7.52. The first-order valence-electron chi connectivity index (χ1n) is 17.0. The number of halogens is 2. The molecule has 4 aliphatic heterocycles. The van der Waals surface area contributed by atoms with E-state index < -0.39 is 39.8 Å². The molecule has 0 saturated carbocycles. The van der Waals surface area contributed by atoms with Crippen LogP contribution in [-0.2, 0) is 30.7 Å². The van der Waals surface area contributed by atoms with Gasteiger partial charge >= 0.3 is 6.09 Å². The second-order valence-corrected chi connectivity index (χ2v) is 16.4. The number of anilines is 1. The van der Waals surface area contributed by atoms with Crippen molar-refractivity contribution in [1.82, 2.24) is 14.5 Å². The van der Waals surface area contributed by atoms with E-state index >= 15 is 4.39 Å². The van der Waals surface area contributed by atoms with Gasteiger partial charge in [-0.15, -0.1) is 0 Å². The van der Waals surface area contributed by atoms with Gasteiger partial charge in [-0.1, -0.05) is 43.6 Å². The van der Waals surface area contributed by atoms with E-state index in [0.29, 0.717) is 55.1 Å². The number of benzene rings is 2. The van der Waals surface area contributed by atoms with Crippen LogP contribution in [0.3, 0.4) is 0 Å². The number of carbonyl (C=O) groups is 2. The highest BCUT2D eigenvalue weighted by Gasteiger charge is 2.55. The number of rotatable bonds is 10. The standard InChI is InChI=1S/C35H46ClFN4O6S/c1-21(2)31-18-23(15-16-47-31)32(22-9-11-24(36)12-10-22)33(39-35(43)46-3)34(42)38-28-8-4-7-27(37)26(28)13-14-29-30-20-40(30)25-6-5-17-48(44,45)41(29)19-25/h4,7-12,21,23,25,29-33H,5-6,13-20H2,1-3H3,(H,38,42)(H,39,43)/t23?,25?,29?,30?,31?,32-,33-,40?/m0/s1. The number of nitrogens with one attached hydrogen (secondary N) is 2. The molecule has 7 unspecified atom stereocenters. The zero-order valence-corrected chi connectivity index (χ0v) is 29.3. The highest BCUT2D eigenvalue weighted by atomic mass is 35.5. The molecule has 2 bridgehead atoms. The normalized spacial score (nSPS) is 30.3. The van der Waals surface area contributed by atoms with Crippen LogP contribution < -0.4 is 10.6 Å². The van der Waals surface area contributed by atoms with Crippen LogP contribution in [0, 0.1) is 17.7 Å². The zero-order valence-electron chi connectivity index (χ0n) is 27.7. The van der Waals surface area contributed by atoms with Crippen molar-refractivity contribution in [2.24, 2.45) is 11.8 Å². The van der Waals surface area contributed by atoms with Crippen molar-refractivity contribution >= 4 is 39.3 Å². The van der Waals surface area contributed by atoms with Gasteiger partial charge in [0.2, 0.25) is 15.9 Å². The van der Waals surface area contributed by atoms with E-state index in [9.17, 15) is 18.0 Å². The van der Waals surface area contributed by atoms with Gasteiger partial charge in [0.05, 0.1) is 19.0 Å². The van der Waals surface area contributed by atoms with Crippen molar-refractivity contribution in [3.05, 3.63) is 64.4 Å². The largest absolute Gasteiger partial charge is 0.453 e. The summed E-state index contributed by atoms with van der Waals surface area (Å²) in [5.74, 6) is -1.09. The minimum Gasteiger partial charge on any atom is -0.453 e.